The Balaban J connectivity index is 1.42. The van der Waals surface area contributed by atoms with Crippen molar-refractivity contribution < 1.29 is 14.0 Å². The second kappa shape index (κ2) is 6.46. The molecule has 0 aromatic carbocycles. The van der Waals surface area contributed by atoms with E-state index in [4.69, 9.17) is 4.42 Å². The highest BCUT2D eigenvalue weighted by molar-refractivity contribution is 5.89. The zero-order chi connectivity index (χ0) is 16.5. The van der Waals surface area contributed by atoms with Crippen LogP contribution in [0, 0.1) is 23.7 Å². The molecule has 1 aromatic rings. The molecule has 4 atom stereocenters. The molecular weight excluding hydrogens is 304 g/mol. The first-order chi connectivity index (χ1) is 11.7. The molecule has 2 fully saturated rings. The first-order valence-electron chi connectivity index (χ1n) is 9.01. The molecule has 4 rings (SSSR count). The van der Waals surface area contributed by atoms with Gasteiger partial charge in [0.05, 0.1) is 24.6 Å². The lowest BCUT2D eigenvalue weighted by molar-refractivity contribution is -0.135. The van der Waals surface area contributed by atoms with Crippen LogP contribution in [0.4, 0.5) is 0 Å². The van der Waals surface area contributed by atoms with E-state index in [0.29, 0.717) is 12.6 Å². The Morgan fingerprint density at radius 3 is 2.46 bits per heavy atom. The molecule has 0 saturated heterocycles. The van der Waals surface area contributed by atoms with Crippen LogP contribution in [0.15, 0.2) is 35.0 Å². The third-order valence-electron chi connectivity index (χ3n) is 5.78. The lowest BCUT2D eigenvalue weighted by atomic mass is 9.81. The highest BCUT2D eigenvalue weighted by Gasteiger charge is 2.51. The normalized spacial score (nSPS) is 31.5. The number of rotatable bonds is 5. The Hall–Kier alpha value is -2.04. The van der Waals surface area contributed by atoms with Gasteiger partial charge >= 0.3 is 0 Å². The van der Waals surface area contributed by atoms with Crippen molar-refractivity contribution >= 4 is 11.8 Å². The highest BCUT2D eigenvalue weighted by Crippen LogP contribution is 2.48. The van der Waals surface area contributed by atoms with Gasteiger partial charge in [0.15, 0.2) is 0 Å². The van der Waals surface area contributed by atoms with Gasteiger partial charge in [-0.2, -0.15) is 0 Å². The zero-order valence-electron chi connectivity index (χ0n) is 13.7. The second-order valence-electron chi connectivity index (χ2n) is 7.29. The van der Waals surface area contributed by atoms with E-state index in [1.165, 1.54) is 12.8 Å². The van der Waals surface area contributed by atoms with Crippen molar-refractivity contribution in [1.29, 1.82) is 0 Å². The smallest absolute Gasteiger partial charge is 0.224 e. The van der Waals surface area contributed by atoms with Gasteiger partial charge in [-0.1, -0.05) is 25.0 Å². The maximum absolute atomic E-state index is 12.8. The number of carbonyl (C=O) groups excluding carboxylic acids is 2. The summed E-state index contributed by atoms with van der Waals surface area (Å²) in [4.78, 5) is 25.5. The summed E-state index contributed by atoms with van der Waals surface area (Å²) in [5.74, 6) is 0.677. The quantitative estimate of drug-likeness (QED) is 0.815. The largest absolute Gasteiger partial charge is 0.467 e. The van der Waals surface area contributed by atoms with E-state index in [2.05, 4.69) is 22.8 Å². The van der Waals surface area contributed by atoms with Crippen LogP contribution >= 0.6 is 0 Å². The van der Waals surface area contributed by atoms with Gasteiger partial charge in [-0.3, -0.25) is 9.59 Å². The summed E-state index contributed by atoms with van der Waals surface area (Å²) in [6, 6.07) is 3.94. The highest BCUT2D eigenvalue weighted by atomic mass is 16.3. The molecule has 1 heterocycles. The molecule has 1 aromatic heterocycles. The van der Waals surface area contributed by atoms with Crippen LogP contribution in [0.5, 0.6) is 0 Å². The Morgan fingerprint density at radius 2 is 1.79 bits per heavy atom. The van der Waals surface area contributed by atoms with Crippen LogP contribution in [0.25, 0.3) is 0 Å². The lowest BCUT2D eigenvalue weighted by Gasteiger charge is -2.27. The number of allylic oxidation sites excluding steroid dienone is 2. The predicted molar refractivity (Wildman–Crippen MR) is 88.7 cm³/mol. The van der Waals surface area contributed by atoms with E-state index in [1.54, 1.807) is 12.3 Å². The van der Waals surface area contributed by atoms with Gasteiger partial charge in [-0.05, 0) is 43.2 Å². The van der Waals surface area contributed by atoms with Crippen molar-refractivity contribution in [2.24, 2.45) is 23.7 Å². The third kappa shape index (κ3) is 2.87. The van der Waals surface area contributed by atoms with E-state index in [-0.39, 0.29) is 35.5 Å². The third-order valence-corrected chi connectivity index (χ3v) is 5.78. The van der Waals surface area contributed by atoms with Crippen LogP contribution in [0.1, 0.15) is 37.9 Å². The lowest BCUT2D eigenvalue weighted by Crippen LogP contribution is -2.46. The summed E-state index contributed by atoms with van der Waals surface area (Å²) in [7, 11) is 0. The van der Waals surface area contributed by atoms with Gasteiger partial charge in [0.25, 0.3) is 0 Å². The number of carbonyl (C=O) groups is 2. The summed E-state index contributed by atoms with van der Waals surface area (Å²) in [5, 5.41) is 6.13. The Labute approximate surface area is 141 Å². The molecule has 2 amide bonds. The fourth-order valence-electron chi connectivity index (χ4n) is 4.61. The molecule has 4 unspecified atom stereocenters. The number of furan rings is 1. The number of fused-ring (bicyclic) bond motifs is 2. The van der Waals surface area contributed by atoms with Gasteiger partial charge in [0, 0.05) is 6.04 Å². The minimum absolute atomic E-state index is 0.0326. The van der Waals surface area contributed by atoms with Crippen molar-refractivity contribution in [3.63, 3.8) is 0 Å². The van der Waals surface area contributed by atoms with E-state index in [0.717, 1.165) is 25.0 Å². The minimum atomic E-state index is -0.253. The maximum atomic E-state index is 12.8. The summed E-state index contributed by atoms with van der Waals surface area (Å²) in [6.07, 6.45) is 11.3. The maximum Gasteiger partial charge on any atom is 0.224 e. The molecule has 3 aliphatic carbocycles. The fourth-order valence-corrected chi connectivity index (χ4v) is 4.61. The number of hydrogen-bond acceptors (Lipinski definition) is 3. The molecule has 0 spiro atoms. The molecule has 2 N–H and O–H groups in total. The molecule has 0 radical (unpaired) electrons. The molecule has 2 saturated carbocycles. The first-order valence-corrected chi connectivity index (χ1v) is 9.01. The van der Waals surface area contributed by atoms with Crippen molar-refractivity contribution in [2.75, 3.05) is 0 Å². The number of hydrogen-bond donors (Lipinski definition) is 2. The monoisotopic (exact) mass is 328 g/mol. The summed E-state index contributed by atoms with van der Waals surface area (Å²) < 4.78 is 5.26. The molecule has 128 valence electrons. The van der Waals surface area contributed by atoms with E-state index in [1.807, 2.05) is 6.07 Å². The van der Waals surface area contributed by atoms with Crippen LogP contribution in [0.2, 0.25) is 0 Å². The molecule has 24 heavy (non-hydrogen) atoms. The van der Waals surface area contributed by atoms with Crippen molar-refractivity contribution in [2.45, 2.75) is 44.7 Å². The van der Waals surface area contributed by atoms with E-state index >= 15 is 0 Å². The van der Waals surface area contributed by atoms with Gasteiger partial charge in [0.2, 0.25) is 11.8 Å². The average Bonchev–Trinajstić information content (AvgIpc) is 3.36. The van der Waals surface area contributed by atoms with Gasteiger partial charge in [-0.15, -0.1) is 0 Å². The first kappa shape index (κ1) is 15.5. The van der Waals surface area contributed by atoms with Crippen LogP contribution < -0.4 is 10.6 Å². The fraction of sp³-hybridized carbons (Fsp3) is 0.579. The zero-order valence-corrected chi connectivity index (χ0v) is 13.7. The minimum Gasteiger partial charge on any atom is -0.467 e. The SMILES string of the molecule is O=C(NCc1ccco1)C1C2C=CC(C2)C1C(=O)NC1CCCC1. The molecule has 2 bridgehead atoms. The summed E-state index contributed by atoms with van der Waals surface area (Å²) in [6.45, 7) is 0.375. The molecule has 0 aliphatic heterocycles. The Kier molecular flexibility index (Phi) is 4.17. The Bertz CT molecular complexity index is 631. The Morgan fingerprint density at radius 1 is 1.08 bits per heavy atom. The molecular formula is C19H24N2O3. The molecule has 3 aliphatic rings. The van der Waals surface area contributed by atoms with Gasteiger partial charge in [0.1, 0.15) is 5.76 Å². The predicted octanol–water partition coefficient (Wildman–Crippen LogP) is 2.39. The van der Waals surface area contributed by atoms with E-state index in [9.17, 15) is 9.59 Å². The van der Waals surface area contributed by atoms with Gasteiger partial charge < -0.3 is 15.1 Å². The van der Waals surface area contributed by atoms with E-state index < -0.39 is 0 Å². The van der Waals surface area contributed by atoms with Gasteiger partial charge in [-0.25, -0.2) is 0 Å². The van der Waals surface area contributed by atoms with Crippen LogP contribution in [0.3, 0.4) is 0 Å². The average molecular weight is 328 g/mol. The number of nitrogens with one attached hydrogen (secondary N) is 2. The van der Waals surface area contributed by atoms with Crippen LogP contribution in [-0.2, 0) is 16.1 Å². The standard InChI is InChI=1S/C19H24N2O3/c22-18(20-11-15-6-3-9-24-15)16-12-7-8-13(10-12)17(16)19(23)21-14-4-1-2-5-14/h3,6-9,12-14,16-17H,1-2,4-5,10-11H2,(H,20,22)(H,21,23). The topological polar surface area (TPSA) is 71.3 Å². The summed E-state index contributed by atoms with van der Waals surface area (Å²) >= 11 is 0. The summed E-state index contributed by atoms with van der Waals surface area (Å²) in [5.41, 5.74) is 0. The van der Waals surface area contributed by atoms with Crippen LogP contribution in [-0.4, -0.2) is 17.9 Å². The second-order valence-corrected chi connectivity index (χ2v) is 7.29. The van der Waals surface area contributed by atoms with Crippen molar-refractivity contribution in [1.82, 2.24) is 10.6 Å². The van der Waals surface area contributed by atoms with Crippen molar-refractivity contribution in [3.05, 3.63) is 36.3 Å². The molecule has 5 heteroatoms. The van der Waals surface area contributed by atoms with Crippen molar-refractivity contribution in [3.8, 4) is 0 Å². The molecule has 5 nitrogen and oxygen atoms in total. The number of amides is 2.